The summed E-state index contributed by atoms with van der Waals surface area (Å²) >= 11 is 0. The lowest BCUT2D eigenvalue weighted by Crippen LogP contribution is -2.82. The maximum Gasteiger partial charge on any atom is 0.342 e. The lowest BCUT2D eigenvalue weighted by molar-refractivity contribution is -0.214. The number of aliphatic hydroxyl groups is 2. The first-order valence-electron chi connectivity index (χ1n) is 27.9. The number of rotatable bonds is 15. The third-order valence-electron chi connectivity index (χ3n) is 19.7. The number of piperidine rings is 1. The molecule has 1 aliphatic carbocycles. The Morgan fingerprint density at radius 2 is 1.63 bits per heavy atom. The molecule has 2 bridgehead atoms. The molecule has 3 saturated heterocycles. The van der Waals surface area contributed by atoms with Crippen molar-refractivity contribution in [3.05, 3.63) is 107 Å². The van der Waals surface area contributed by atoms with Crippen LogP contribution in [-0.4, -0.2) is 142 Å². The number of nitrogens with zero attached hydrogens (tertiary/aromatic N) is 3. The number of carbonyl (C=O) groups is 3. The number of carbonyl (C=O) groups excluding carboxylic acids is 3. The molecule has 14 nitrogen and oxygen atoms in total. The number of benzene rings is 3. The normalized spacial score (nSPS) is 33.3. The second-order valence-corrected chi connectivity index (χ2v) is 27.6. The summed E-state index contributed by atoms with van der Waals surface area (Å²) in [5, 5.41) is 27.5. The number of likely N-dealkylation sites (N-methyl/N-ethyl adjacent to an activating group) is 1. The minimum absolute atomic E-state index is 0.0950. The summed E-state index contributed by atoms with van der Waals surface area (Å²) < 4.78 is 32.0. The van der Waals surface area contributed by atoms with Crippen LogP contribution in [0.5, 0.6) is 5.75 Å². The molecule has 3 aromatic carbocycles. The van der Waals surface area contributed by atoms with Crippen LogP contribution in [0.15, 0.2) is 78.9 Å². The highest BCUT2D eigenvalue weighted by Crippen LogP contribution is 2.69. The molecular weight excluding hydrogens is 965 g/mol. The minimum Gasteiger partial charge on any atom is -0.496 e. The summed E-state index contributed by atoms with van der Waals surface area (Å²) in [6.07, 6.45) is 10.6. The molecular formula is C60H78N4O10Si. The van der Waals surface area contributed by atoms with E-state index in [1.807, 2.05) is 62.5 Å². The van der Waals surface area contributed by atoms with Gasteiger partial charge in [-0.2, -0.15) is 0 Å². The van der Waals surface area contributed by atoms with Crippen LogP contribution in [0, 0.1) is 11.3 Å². The predicted octanol–water partition coefficient (Wildman–Crippen LogP) is 8.10. The van der Waals surface area contributed by atoms with Crippen molar-refractivity contribution in [2.24, 2.45) is 11.3 Å². The molecule has 75 heavy (non-hydrogen) atoms. The van der Waals surface area contributed by atoms with E-state index in [9.17, 15) is 15.0 Å². The van der Waals surface area contributed by atoms with Gasteiger partial charge in [-0.25, -0.2) is 4.79 Å². The largest absolute Gasteiger partial charge is 0.496 e. The zero-order valence-corrected chi connectivity index (χ0v) is 46.0. The number of esters is 3. The van der Waals surface area contributed by atoms with Gasteiger partial charge in [-0.3, -0.25) is 19.4 Å². The Hall–Kier alpha value is -5.03. The minimum atomic E-state index is -2.67. The van der Waals surface area contributed by atoms with Crippen molar-refractivity contribution in [1.29, 1.82) is 0 Å². The number of methoxy groups -OCH3 is 3. The number of nitrogens with one attached hydrogen (secondary N) is 1. The van der Waals surface area contributed by atoms with Gasteiger partial charge >= 0.3 is 17.9 Å². The fraction of sp³-hybridized carbons (Fsp3) is 0.583. The zero-order chi connectivity index (χ0) is 52.5. The topological polar surface area (TPSA) is 163 Å². The molecule has 10 atom stereocenters. The number of hydrogen-bond donors (Lipinski definition) is 3. The number of aromatic nitrogens is 1. The zero-order valence-electron chi connectivity index (χ0n) is 45.0. The molecule has 6 aliphatic heterocycles. The molecule has 15 heteroatoms. The Labute approximate surface area is 443 Å². The van der Waals surface area contributed by atoms with Crippen LogP contribution in [0.3, 0.4) is 0 Å². The van der Waals surface area contributed by atoms with Crippen molar-refractivity contribution >= 4 is 42.8 Å². The van der Waals surface area contributed by atoms with Crippen LogP contribution in [0.1, 0.15) is 106 Å². The van der Waals surface area contributed by atoms with Gasteiger partial charge in [0.15, 0.2) is 8.32 Å². The lowest BCUT2D eigenvalue weighted by atomic mass is 9.47. The van der Waals surface area contributed by atoms with E-state index < -0.39 is 59.8 Å². The first-order chi connectivity index (χ1) is 36.2. The number of ether oxygens (including phenoxy) is 4. The van der Waals surface area contributed by atoms with Crippen LogP contribution < -0.4 is 9.64 Å². The lowest BCUT2D eigenvalue weighted by Gasteiger charge is -2.65. The fourth-order valence-corrected chi connectivity index (χ4v) is 21.2. The average Bonchev–Trinajstić information content (AvgIpc) is 4.26. The second kappa shape index (κ2) is 19.8. The highest BCUT2D eigenvalue weighted by atomic mass is 28.4. The van der Waals surface area contributed by atoms with E-state index in [2.05, 4.69) is 57.0 Å². The summed E-state index contributed by atoms with van der Waals surface area (Å²) in [7, 11) is 3.80. The standard InChI is InChI=1S/C60H78N4O10Si/c1-7-56(68)35-41-36-59(54(66)71-5,50-43(24-28-63(37-41)39-56)42-21-12-13-22-46(42)61-50)45-33-44-47(34-48(45)70-4)62(3)52-58(44)26-29-64-27-18-25-57(8-2,51(58)64)53(60(52,69)55(67)72-6)74-75(31-16-17-32-75)30-15-14-23-49(65)73-38-40-19-10-9-11-20-40/h9-13,18-22,25,33-34,41,51-53,61,68-69H,7-8,14-17,23-24,26-32,35-39H2,1-6H3/t41-,51-,52?,53+,56-,57+,58+,59-,60-/m0/s1. The van der Waals surface area contributed by atoms with E-state index in [-0.39, 0.29) is 24.5 Å². The van der Waals surface area contributed by atoms with E-state index in [4.69, 9.17) is 23.4 Å². The summed E-state index contributed by atoms with van der Waals surface area (Å²) in [4.78, 5) is 54.7. The van der Waals surface area contributed by atoms with Crippen LogP contribution in [-0.2, 0) is 56.9 Å². The van der Waals surface area contributed by atoms with Gasteiger partial charge in [-0.05, 0) is 104 Å². The Bertz CT molecular complexity index is 2850. The first kappa shape index (κ1) is 52.0. The molecule has 2 unspecified atom stereocenters. The van der Waals surface area contributed by atoms with E-state index in [1.54, 1.807) is 7.11 Å². The van der Waals surface area contributed by atoms with E-state index >= 15 is 9.59 Å². The number of hydrogen-bond acceptors (Lipinski definition) is 13. The van der Waals surface area contributed by atoms with Crippen molar-refractivity contribution in [1.82, 2.24) is 14.8 Å². The van der Waals surface area contributed by atoms with Crippen molar-refractivity contribution in [2.45, 2.75) is 149 Å². The molecule has 3 N–H and O–H groups in total. The van der Waals surface area contributed by atoms with Crippen LogP contribution in [0.4, 0.5) is 5.69 Å². The number of H-pyrrole nitrogens is 1. The Kier molecular flexibility index (Phi) is 13.7. The summed E-state index contributed by atoms with van der Waals surface area (Å²) in [5.74, 6) is -0.947. The van der Waals surface area contributed by atoms with Gasteiger partial charge in [0.2, 0.25) is 5.60 Å². The molecule has 1 saturated carbocycles. The Morgan fingerprint density at radius 3 is 2.36 bits per heavy atom. The van der Waals surface area contributed by atoms with Gasteiger partial charge in [0.05, 0.1) is 39.1 Å². The van der Waals surface area contributed by atoms with Crippen molar-refractivity contribution < 1.29 is 48.0 Å². The summed E-state index contributed by atoms with van der Waals surface area (Å²) in [6, 6.07) is 23.8. The quantitative estimate of drug-likeness (QED) is 0.0345. The average molecular weight is 1040 g/mol. The Balaban J connectivity index is 1.04. The number of fused-ring (bicyclic) bond motifs is 6. The number of para-hydroxylation sites is 1. The molecule has 0 amide bonds. The van der Waals surface area contributed by atoms with Crippen LogP contribution >= 0.6 is 0 Å². The highest BCUT2D eigenvalue weighted by molar-refractivity contribution is 6.74. The monoisotopic (exact) mass is 1040 g/mol. The molecule has 1 spiro atoms. The molecule has 7 heterocycles. The van der Waals surface area contributed by atoms with Gasteiger partial charge in [0.1, 0.15) is 17.8 Å². The third kappa shape index (κ3) is 8.05. The first-order valence-corrected chi connectivity index (χ1v) is 30.4. The van der Waals surface area contributed by atoms with Crippen LogP contribution in [0.25, 0.3) is 10.9 Å². The van der Waals surface area contributed by atoms with Gasteiger partial charge in [0.25, 0.3) is 0 Å². The molecule has 0 radical (unpaired) electrons. The second-order valence-electron chi connectivity index (χ2n) is 23.5. The van der Waals surface area contributed by atoms with Crippen molar-refractivity contribution in [2.75, 3.05) is 66.0 Å². The number of anilines is 1. The smallest absolute Gasteiger partial charge is 0.342 e. The SMILES string of the molecule is CC[C@]1(O)C[C@@H]2CN(CCc3c([nH]c4ccccc34)[C@@](C(=O)OC)(c3cc4c(cc3OC)N(C)C3[C@]45CCN4CC=C[C@@](CC)([C@@H](O[Si]6(CCCCC(=O)OCc7ccccc7)CCCC6)[C@]3(O)C(=O)OC)[C@H]45)C2)C1. The molecule has 7 aliphatic rings. The summed E-state index contributed by atoms with van der Waals surface area (Å²) in [6.45, 7) is 7.88. The van der Waals surface area contributed by atoms with Gasteiger partial charge in [-0.1, -0.05) is 93.8 Å². The van der Waals surface area contributed by atoms with Gasteiger partial charge < -0.3 is 43.5 Å². The fourth-order valence-electron chi connectivity index (χ4n) is 16.6. The van der Waals surface area contributed by atoms with Crippen molar-refractivity contribution in [3.8, 4) is 5.75 Å². The maximum atomic E-state index is 15.6. The Morgan fingerprint density at radius 1 is 0.867 bits per heavy atom. The highest BCUT2D eigenvalue weighted by Gasteiger charge is 2.80. The predicted molar refractivity (Wildman–Crippen MR) is 289 cm³/mol. The summed E-state index contributed by atoms with van der Waals surface area (Å²) in [5.41, 5.74) is -0.0510. The number of unbranched alkanes of at least 4 members (excludes halogenated alkanes) is 1. The van der Waals surface area contributed by atoms with Gasteiger partial charge in [0, 0.05) is 90.4 Å². The molecule has 4 fully saturated rings. The van der Waals surface area contributed by atoms with E-state index in [0.29, 0.717) is 82.3 Å². The maximum absolute atomic E-state index is 15.6. The molecule has 1 aromatic heterocycles. The van der Waals surface area contributed by atoms with Crippen molar-refractivity contribution in [3.63, 3.8) is 0 Å². The number of aromatic amines is 1. The third-order valence-corrected chi connectivity index (χ3v) is 24.2. The molecule has 11 rings (SSSR count). The molecule has 4 aromatic rings. The van der Waals surface area contributed by atoms with Crippen LogP contribution in [0.2, 0.25) is 18.1 Å². The van der Waals surface area contributed by atoms with Gasteiger partial charge in [-0.15, -0.1) is 0 Å². The van der Waals surface area contributed by atoms with E-state index in [0.717, 1.165) is 89.5 Å². The molecule has 402 valence electrons. The van der Waals surface area contributed by atoms with E-state index in [1.165, 1.54) is 14.2 Å².